The molecule has 3 nitrogen and oxygen atoms in total. The van der Waals surface area contributed by atoms with Crippen molar-refractivity contribution in [3.8, 4) is 0 Å². The number of hydrogen-bond donors (Lipinski definition) is 1. The molecule has 0 heterocycles. The van der Waals surface area contributed by atoms with Gasteiger partial charge in [0.15, 0.2) is 0 Å². The third-order valence-corrected chi connectivity index (χ3v) is 3.20. The molecule has 1 N–H and O–H groups in total. The Labute approximate surface area is 122 Å². The van der Waals surface area contributed by atoms with Crippen molar-refractivity contribution in [2.75, 3.05) is 13.2 Å². The van der Waals surface area contributed by atoms with Gasteiger partial charge in [-0.05, 0) is 44.5 Å². The lowest BCUT2D eigenvalue weighted by molar-refractivity contribution is -0.151. The van der Waals surface area contributed by atoms with Crippen LogP contribution in [0.4, 0.5) is 13.2 Å². The van der Waals surface area contributed by atoms with Crippen molar-refractivity contribution in [1.82, 2.24) is 5.32 Å². The van der Waals surface area contributed by atoms with E-state index in [1.807, 2.05) is 6.92 Å². The molecule has 0 amide bonds. The van der Waals surface area contributed by atoms with Crippen LogP contribution in [0.15, 0.2) is 24.3 Å². The number of benzene rings is 1. The number of ether oxygens (including phenoxy) is 1. The second-order valence-corrected chi connectivity index (χ2v) is 4.85. The van der Waals surface area contributed by atoms with E-state index in [-0.39, 0.29) is 6.61 Å². The maximum absolute atomic E-state index is 12.6. The van der Waals surface area contributed by atoms with Crippen LogP contribution < -0.4 is 5.32 Å². The molecule has 0 radical (unpaired) electrons. The number of carbonyl (C=O) groups excluding carboxylic acids is 1. The summed E-state index contributed by atoms with van der Waals surface area (Å²) in [6.45, 7) is 6.00. The third kappa shape index (κ3) is 4.20. The Morgan fingerprint density at radius 1 is 1.14 bits per heavy atom. The fourth-order valence-corrected chi connectivity index (χ4v) is 1.94. The van der Waals surface area contributed by atoms with E-state index in [4.69, 9.17) is 4.74 Å². The molecular formula is C15H20F3NO2. The largest absolute Gasteiger partial charge is 0.464 e. The second kappa shape index (κ2) is 6.93. The molecule has 0 aromatic heterocycles. The quantitative estimate of drug-likeness (QED) is 0.818. The van der Waals surface area contributed by atoms with Crippen molar-refractivity contribution in [3.63, 3.8) is 0 Å². The molecule has 0 spiro atoms. The molecule has 1 rings (SSSR count). The summed E-state index contributed by atoms with van der Waals surface area (Å²) in [5, 5.41) is 3.05. The topological polar surface area (TPSA) is 38.3 Å². The van der Waals surface area contributed by atoms with Gasteiger partial charge in [-0.25, -0.2) is 4.79 Å². The highest BCUT2D eigenvalue weighted by Crippen LogP contribution is 2.31. The third-order valence-electron chi connectivity index (χ3n) is 3.20. The van der Waals surface area contributed by atoms with E-state index in [2.05, 4.69) is 5.32 Å². The van der Waals surface area contributed by atoms with Gasteiger partial charge in [-0.3, -0.25) is 5.32 Å². The minimum atomic E-state index is -4.39. The van der Waals surface area contributed by atoms with E-state index in [0.717, 1.165) is 18.6 Å². The van der Waals surface area contributed by atoms with Crippen LogP contribution in [-0.4, -0.2) is 19.1 Å². The van der Waals surface area contributed by atoms with Gasteiger partial charge in [0.1, 0.15) is 5.54 Å². The average Bonchev–Trinajstić information content (AvgIpc) is 2.44. The predicted octanol–water partition coefficient (Wildman–Crippen LogP) is 3.48. The van der Waals surface area contributed by atoms with Crippen LogP contribution in [0.25, 0.3) is 0 Å². The molecule has 0 bridgehead atoms. The Morgan fingerprint density at radius 2 is 1.67 bits per heavy atom. The van der Waals surface area contributed by atoms with Gasteiger partial charge >= 0.3 is 12.1 Å². The summed E-state index contributed by atoms with van der Waals surface area (Å²) in [4.78, 5) is 12.1. The first-order valence-corrected chi connectivity index (χ1v) is 6.85. The first-order valence-electron chi connectivity index (χ1n) is 6.85. The van der Waals surface area contributed by atoms with Gasteiger partial charge in [-0.2, -0.15) is 13.2 Å². The molecule has 1 aromatic rings. The number of rotatable bonds is 6. The highest BCUT2D eigenvalue weighted by atomic mass is 19.4. The number of carbonyl (C=O) groups is 1. The molecule has 0 saturated carbocycles. The zero-order valence-electron chi connectivity index (χ0n) is 12.4. The summed E-state index contributed by atoms with van der Waals surface area (Å²) >= 11 is 0. The van der Waals surface area contributed by atoms with Crippen molar-refractivity contribution in [3.05, 3.63) is 35.4 Å². The molecule has 0 aliphatic rings. The molecule has 1 atom stereocenters. The van der Waals surface area contributed by atoms with Crippen LogP contribution in [0.5, 0.6) is 0 Å². The molecule has 0 aliphatic heterocycles. The van der Waals surface area contributed by atoms with Crippen molar-refractivity contribution in [2.45, 2.75) is 38.9 Å². The average molecular weight is 303 g/mol. The van der Waals surface area contributed by atoms with Crippen LogP contribution in [0.2, 0.25) is 0 Å². The van der Waals surface area contributed by atoms with E-state index in [1.165, 1.54) is 12.1 Å². The first-order chi connectivity index (χ1) is 9.75. The van der Waals surface area contributed by atoms with Gasteiger partial charge in [0.25, 0.3) is 0 Å². The molecule has 0 fully saturated rings. The Kier molecular flexibility index (Phi) is 5.78. The van der Waals surface area contributed by atoms with Crippen molar-refractivity contribution in [2.24, 2.45) is 0 Å². The molecule has 6 heteroatoms. The minimum Gasteiger partial charge on any atom is -0.464 e. The van der Waals surface area contributed by atoms with Gasteiger partial charge in [-0.15, -0.1) is 0 Å². The number of hydrogen-bond acceptors (Lipinski definition) is 3. The monoisotopic (exact) mass is 303 g/mol. The van der Waals surface area contributed by atoms with Crippen molar-refractivity contribution in [1.29, 1.82) is 0 Å². The lowest BCUT2D eigenvalue weighted by Gasteiger charge is -2.29. The van der Waals surface area contributed by atoms with Crippen molar-refractivity contribution >= 4 is 5.97 Å². The lowest BCUT2D eigenvalue weighted by atomic mass is 9.91. The number of halogens is 3. The van der Waals surface area contributed by atoms with E-state index in [1.54, 1.807) is 13.8 Å². The fourth-order valence-electron chi connectivity index (χ4n) is 1.94. The molecule has 21 heavy (non-hydrogen) atoms. The van der Waals surface area contributed by atoms with E-state index in [9.17, 15) is 18.0 Å². The summed E-state index contributed by atoms with van der Waals surface area (Å²) in [7, 11) is 0. The Morgan fingerprint density at radius 3 is 2.10 bits per heavy atom. The van der Waals surface area contributed by atoms with Crippen LogP contribution in [0.1, 0.15) is 38.3 Å². The number of alkyl halides is 3. The predicted molar refractivity (Wildman–Crippen MR) is 73.7 cm³/mol. The summed E-state index contributed by atoms with van der Waals surface area (Å²) in [6.07, 6.45) is -3.61. The smallest absolute Gasteiger partial charge is 0.416 e. The lowest BCUT2D eigenvalue weighted by Crippen LogP contribution is -2.48. The summed E-state index contributed by atoms with van der Waals surface area (Å²) in [5.41, 5.74) is -1.45. The highest BCUT2D eigenvalue weighted by molar-refractivity contribution is 5.82. The van der Waals surface area contributed by atoms with Crippen LogP contribution in [0, 0.1) is 0 Å². The van der Waals surface area contributed by atoms with Crippen LogP contribution in [0.3, 0.4) is 0 Å². The zero-order chi connectivity index (χ0) is 16.1. The van der Waals surface area contributed by atoms with Gasteiger partial charge < -0.3 is 4.74 Å². The molecule has 0 aliphatic carbocycles. The van der Waals surface area contributed by atoms with E-state index < -0.39 is 23.2 Å². The van der Waals surface area contributed by atoms with Crippen molar-refractivity contribution < 1.29 is 22.7 Å². The Bertz CT molecular complexity index is 471. The molecule has 1 unspecified atom stereocenters. The normalized spacial score (nSPS) is 14.6. The molecule has 1 aromatic carbocycles. The zero-order valence-corrected chi connectivity index (χ0v) is 12.4. The van der Waals surface area contributed by atoms with Gasteiger partial charge in [0.2, 0.25) is 0 Å². The summed E-state index contributed by atoms with van der Waals surface area (Å²) in [5.74, 6) is -0.502. The maximum Gasteiger partial charge on any atom is 0.416 e. The number of esters is 1. The first kappa shape index (κ1) is 17.5. The molecular weight excluding hydrogens is 283 g/mol. The van der Waals surface area contributed by atoms with Gasteiger partial charge in [-0.1, -0.05) is 19.1 Å². The summed E-state index contributed by atoms with van der Waals surface area (Å²) in [6, 6.07) is 4.56. The summed E-state index contributed by atoms with van der Waals surface area (Å²) < 4.78 is 42.8. The Balaban J connectivity index is 3.11. The van der Waals surface area contributed by atoms with Gasteiger partial charge in [0.05, 0.1) is 12.2 Å². The molecule has 0 saturated heterocycles. The van der Waals surface area contributed by atoms with E-state index >= 15 is 0 Å². The highest BCUT2D eigenvalue weighted by Gasteiger charge is 2.37. The second-order valence-electron chi connectivity index (χ2n) is 4.85. The SMILES string of the molecule is CCCNC(C)(C(=O)OCC)c1ccc(C(F)(F)F)cc1. The maximum atomic E-state index is 12.6. The molecule has 118 valence electrons. The Hall–Kier alpha value is -1.56. The van der Waals surface area contributed by atoms with Crippen LogP contribution in [-0.2, 0) is 21.2 Å². The van der Waals surface area contributed by atoms with Gasteiger partial charge in [0, 0.05) is 0 Å². The standard InChI is InChI=1S/C15H20F3NO2/c1-4-10-19-14(3,13(20)21-5-2)11-6-8-12(9-7-11)15(16,17)18/h6-9,19H,4-5,10H2,1-3H3. The van der Waals surface area contributed by atoms with Crippen LogP contribution >= 0.6 is 0 Å². The minimum absolute atomic E-state index is 0.211. The fraction of sp³-hybridized carbons (Fsp3) is 0.533. The number of nitrogens with one attached hydrogen (secondary N) is 1. The van der Waals surface area contributed by atoms with E-state index in [0.29, 0.717) is 12.1 Å².